The lowest BCUT2D eigenvalue weighted by Gasteiger charge is -2.62. The molecule has 0 aromatic carbocycles. The van der Waals surface area contributed by atoms with Gasteiger partial charge in [-0.3, -0.25) is 0 Å². The summed E-state index contributed by atoms with van der Waals surface area (Å²) in [5, 5.41) is 9.73. The number of nitrogens with two attached hydrogens (primary N) is 1. The first-order chi connectivity index (χ1) is 12.9. The normalized spacial score (nSPS) is 25.0. The molecule has 0 radical (unpaired) electrons. The number of nitrogen functional groups attached to an aromatic ring is 1. The minimum Gasteiger partial charge on any atom is -0.402 e. The van der Waals surface area contributed by atoms with Gasteiger partial charge in [-0.15, -0.1) is 13.2 Å². The van der Waals surface area contributed by atoms with Gasteiger partial charge < -0.3 is 20.1 Å². The van der Waals surface area contributed by atoms with E-state index in [0.717, 1.165) is 12.3 Å². The Morgan fingerprint density at radius 2 is 1.86 bits per heavy atom. The fourth-order valence-electron chi connectivity index (χ4n) is 3.78. The molecule has 1 unspecified atom stereocenters. The molecule has 2 heterocycles. The van der Waals surface area contributed by atoms with Gasteiger partial charge in [0.1, 0.15) is 5.82 Å². The Kier molecular flexibility index (Phi) is 3.87. The average molecular weight is 408 g/mol. The van der Waals surface area contributed by atoms with Crippen molar-refractivity contribution in [3.8, 4) is 17.0 Å². The number of anilines is 1. The first-order valence-electron chi connectivity index (χ1n) is 8.24. The second kappa shape index (κ2) is 5.75. The third-order valence-electron chi connectivity index (χ3n) is 5.21. The Balaban J connectivity index is 1.76. The smallest absolute Gasteiger partial charge is 0.402 e. The van der Waals surface area contributed by atoms with Gasteiger partial charge in [0, 0.05) is 23.5 Å². The predicted octanol–water partition coefficient (Wildman–Crippen LogP) is 3.53. The number of hydrogen-bond acceptors (Lipinski definition) is 5. The first kappa shape index (κ1) is 18.8. The molecule has 3 aliphatic rings. The molecule has 0 spiro atoms. The topological polar surface area (TPSA) is 86.2 Å². The second-order valence-electron chi connectivity index (χ2n) is 7.16. The van der Waals surface area contributed by atoms with Crippen molar-refractivity contribution in [3.63, 3.8) is 0 Å². The molecule has 3 aliphatic carbocycles. The Labute approximate surface area is 153 Å². The van der Waals surface area contributed by atoms with Crippen LogP contribution in [-0.2, 0) is 5.54 Å². The van der Waals surface area contributed by atoms with Gasteiger partial charge in [0.05, 0.1) is 5.69 Å². The van der Waals surface area contributed by atoms with Crippen LogP contribution in [0.15, 0.2) is 18.5 Å². The molecule has 3 N–H and O–H groups in total. The van der Waals surface area contributed by atoms with E-state index in [1.165, 1.54) is 10.8 Å². The summed E-state index contributed by atoms with van der Waals surface area (Å²) in [6, 6.07) is 0.897. The Morgan fingerprint density at radius 1 is 1.21 bits per heavy atom. The fraction of sp³-hybridized carbons (Fsp3) is 0.500. The number of imidazole rings is 1. The first-order valence-corrected chi connectivity index (χ1v) is 8.24. The average Bonchev–Trinajstić information content (AvgIpc) is 2.88. The summed E-state index contributed by atoms with van der Waals surface area (Å²) in [5.41, 5.74) is 4.75. The van der Waals surface area contributed by atoms with E-state index in [9.17, 15) is 31.4 Å². The van der Waals surface area contributed by atoms with Crippen LogP contribution in [-0.4, -0.2) is 32.2 Å². The van der Waals surface area contributed by atoms with Crippen molar-refractivity contribution in [2.24, 2.45) is 5.92 Å². The summed E-state index contributed by atoms with van der Waals surface area (Å²) in [5.74, 6) is -1.49. The van der Waals surface area contributed by atoms with E-state index in [4.69, 9.17) is 5.73 Å². The Morgan fingerprint density at radius 3 is 2.36 bits per heavy atom. The molecule has 5 rings (SSSR count). The molecule has 28 heavy (non-hydrogen) atoms. The quantitative estimate of drug-likeness (QED) is 0.756. The number of aliphatic hydroxyl groups excluding tert-OH is 1. The Hall–Kier alpha value is -2.50. The van der Waals surface area contributed by atoms with Gasteiger partial charge in [-0.25, -0.2) is 9.97 Å². The number of aliphatic hydroxyl groups is 1. The van der Waals surface area contributed by atoms with Crippen molar-refractivity contribution >= 4 is 5.82 Å². The Bertz CT molecular complexity index is 906. The van der Waals surface area contributed by atoms with Crippen molar-refractivity contribution in [2.75, 3.05) is 5.73 Å². The van der Waals surface area contributed by atoms with Crippen LogP contribution in [0.2, 0.25) is 0 Å². The molecule has 0 aliphatic heterocycles. The number of alkyl halides is 6. The highest BCUT2D eigenvalue weighted by Crippen LogP contribution is 2.63. The third kappa shape index (κ3) is 3.05. The predicted molar refractivity (Wildman–Crippen MR) is 82.9 cm³/mol. The summed E-state index contributed by atoms with van der Waals surface area (Å²) in [6.45, 7) is 0. The zero-order chi connectivity index (χ0) is 20.5. The second-order valence-corrected chi connectivity index (χ2v) is 7.16. The van der Waals surface area contributed by atoms with E-state index in [1.807, 2.05) is 0 Å². The van der Waals surface area contributed by atoms with Crippen molar-refractivity contribution < 1.29 is 36.2 Å². The van der Waals surface area contributed by atoms with Gasteiger partial charge in [0.2, 0.25) is 6.10 Å². The number of rotatable bonds is 4. The number of halogens is 6. The molecule has 0 saturated heterocycles. The molecular weight excluding hydrogens is 394 g/mol. The van der Waals surface area contributed by atoms with Crippen LogP contribution in [0.3, 0.4) is 0 Å². The lowest BCUT2D eigenvalue weighted by molar-refractivity contribution is -0.274. The van der Waals surface area contributed by atoms with Crippen molar-refractivity contribution in [1.82, 2.24) is 14.5 Å². The van der Waals surface area contributed by atoms with Gasteiger partial charge in [0.25, 0.3) is 0 Å². The number of pyridine rings is 1. The van der Waals surface area contributed by atoms with Gasteiger partial charge in [-0.05, 0) is 31.2 Å². The minimum atomic E-state index is -5.02. The standard InChI is InChI=1S/C16H14F6N4O2/c17-15(18,19)11(27)13-25-9(6-26(13)14-2-7(3-14)4-14)8-1-10(12(23)24-5-8)28-16(20,21)22/h1,5-7,11,27H,2-4H2,(H2,23,24). The van der Waals surface area contributed by atoms with Gasteiger partial charge >= 0.3 is 12.5 Å². The van der Waals surface area contributed by atoms with Crippen molar-refractivity contribution in [1.29, 1.82) is 0 Å². The van der Waals surface area contributed by atoms with Gasteiger partial charge in [0.15, 0.2) is 11.6 Å². The number of ether oxygens (including phenoxy) is 1. The highest BCUT2D eigenvalue weighted by atomic mass is 19.4. The summed E-state index contributed by atoms with van der Waals surface area (Å²) < 4.78 is 81.8. The molecule has 0 amide bonds. The lowest BCUT2D eigenvalue weighted by Crippen LogP contribution is -2.59. The molecule has 2 aromatic rings. The van der Waals surface area contributed by atoms with E-state index in [2.05, 4.69) is 14.7 Å². The number of aromatic nitrogens is 3. The molecular formula is C16H14F6N4O2. The summed E-state index contributed by atoms with van der Waals surface area (Å²) in [4.78, 5) is 7.46. The summed E-state index contributed by atoms with van der Waals surface area (Å²) in [7, 11) is 0. The molecule has 3 saturated carbocycles. The molecule has 12 heteroatoms. The zero-order valence-electron chi connectivity index (χ0n) is 14.1. The monoisotopic (exact) mass is 408 g/mol. The molecule has 3 fully saturated rings. The van der Waals surface area contributed by atoms with E-state index >= 15 is 0 Å². The lowest BCUT2D eigenvalue weighted by atomic mass is 9.49. The summed E-state index contributed by atoms with van der Waals surface area (Å²) in [6.07, 6.45) is -8.39. The van der Waals surface area contributed by atoms with Crippen molar-refractivity contribution in [3.05, 3.63) is 24.3 Å². The third-order valence-corrected chi connectivity index (χ3v) is 5.21. The maximum absolute atomic E-state index is 13.1. The SMILES string of the molecule is Nc1ncc(-c2cn(C34CC(C3)C4)c(C(O)C(F)(F)F)n2)cc1OC(F)(F)F. The van der Waals surface area contributed by atoms with Gasteiger partial charge in [-0.1, -0.05) is 0 Å². The minimum absolute atomic E-state index is 0.0191. The van der Waals surface area contributed by atoms with Crippen LogP contribution in [0.25, 0.3) is 11.3 Å². The highest BCUT2D eigenvalue weighted by molar-refractivity contribution is 5.64. The zero-order valence-corrected chi connectivity index (χ0v) is 14.1. The van der Waals surface area contributed by atoms with Crippen LogP contribution >= 0.6 is 0 Å². The molecule has 1 atom stereocenters. The fourth-order valence-corrected chi connectivity index (χ4v) is 3.78. The van der Waals surface area contributed by atoms with Crippen LogP contribution in [0.5, 0.6) is 5.75 Å². The largest absolute Gasteiger partial charge is 0.573 e. The number of nitrogens with zero attached hydrogens (tertiary/aromatic N) is 3. The van der Waals surface area contributed by atoms with Crippen LogP contribution in [0.1, 0.15) is 31.2 Å². The van der Waals surface area contributed by atoms with E-state index in [-0.39, 0.29) is 11.3 Å². The maximum atomic E-state index is 13.1. The summed E-state index contributed by atoms with van der Waals surface area (Å²) >= 11 is 0. The number of hydrogen-bond donors (Lipinski definition) is 2. The molecule has 152 valence electrons. The van der Waals surface area contributed by atoms with Crippen LogP contribution in [0.4, 0.5) is 32.2 Å². The van der Waals surface area contributed by atoms with Crippen molar-refractivity contribution in [2.45, 2.75) is 43.4 Å². The van der Waals surface area contributed by atoms with E-state index in [0.29, 0.717) is 25.2 Å². The molecule has 2 aromatic heterocycles. The van der Waals surface area contributed by atoms with E-state index < -0.39 is 41.6 Å². The van der Waals surface area contributed by atoms with Crippen LogP contribution in [0, 0.1) is 5.92 Å². The highest BCUT2D eigenvalue weighted by Gasteiger charge is 2.59. The van der Waals surface area contributed by atoms with Crippen LogP contribution < -0.4 is 10.5 Å². The maximum Gasteiger partial charge on any atom is 0.573 e. The molecule has 2 bridgehead atoms. The van der Waals surface area contributed by atoms with E-state index in [1.54, 1.807) is 0 Å². The molecule has 6 nitrogen and oxygen atoms in total. The van der Waals surface area contributed by atoms with Gasteiger partial charge in [-0.2, -0.15) is 13.2 Å².